The van der Waals surface area contributed by atoms with E-state index < -0.39 is 17.7 Å². The summed E-state index contributed by atoms with van der Waals surface area (Å²) in [6.07, 6.45) is 0. The Balaban J connectivity index is 1.99. The second-order valence-corrected chi connectivity index (χ2v) is 7.56. The van der Waals surface area contributed by atoms with Crippen LogP contribution in [0, 0.1) is 0 Å². The smallest absolute Gasteiger partial charge is 0.300 e. The molecule has 4 rings (SSSR count). The average molecular weight is 450 g/mol. The van der Waals surface area contributed by atoms with Gasteiger partial charge in [0.15, 0.2) is 0 Å². The molecule has 0 radical (unpaired) electrons. The number of ketones is 1. The number of benzene rings is 3. The maximum absolute atomic E-state index is 13.2. The molecule has 1 aliphatic rings. The lowest BCUT2D eigenvalue weighted by Gasteiger charge is -2.27. The number of halogens is 1. The number of methoxy groups -OCH3 is 2. The van der Waals surface area contributed by atoms with Gasteiger partial charge in [0, 0.05) is 27.9 Å². The first-order valence-electron chi connectivity index (χ1n) is 9.80. The zero-order chi connectivity index (χ0) is 22.8. The number of carbonyl (C=O) groups is 2. The second-order valence-electron chi connectivity index (χ2n) is 7.12. The fourth-order valence-corrected chi connectivity index (χ4v) is 3.92. The lowest BCUT2D eigenvalue weighted by Crippen LogP contribution is -2.29. The number of rotatable bonds is 5. The standard InChI is InChI=1S/C25H20ClNO5/c1-31-18-12-13-19(20(14-18)32-2)22-21(23(28)15-6-4-3-5-7-15)24(29)25(30)27(22)17-10-8-16(26)9-11-17/h3-14,22,28H,1-2H3/b23-21-. The highest BCUT2D eigenvalue weighted by Gasteiger charge is 2.48. The first-order chi connectivity index (χ1) is 15.5. The average Bonchev–Trinajstić information content (AvgIpc) is 3.09. The van der Waals surface area contributed by atoms with E-state index in [0.29, 0.717) is 33.3 Å². The minimum absolute atomic E-state index is 0.0281. The predicted molar refractivity (Wildman–Crippen MR) is 122 cm³/mol. The summed E-state index contributed by atoms with van der Waals surface area (Å²) in [5.74, 6) is -0.841. The Labute approximate surface area is 190 Å². The number of carbonyl (C=O) groups excluding carboxylic acids is 2. The van der Waals surface area contributed by atoms with Crippen molar-refractivity contribution in [2.45, 2.75) is 6.04 Å². The van der Waals surface area contributed by atoms with Crippen molar-refractivity contribution >= 4 is 34.7 Å². The van der Waals surface area contributed by atoms with Crippen molar-refractivity contribution in [2.24, 2.45) is 0 Å². The Morgan fingerprint density at radius 2 is 1.62 bits per heavy atom. The number of amides is 1. The molecule has 1 unspecified atom stereocenters. The molecule has 1 heterocycles. The Morgan fingerprint density at radius 1 is 0.938 bits per heavy atom. The van der Waals surface area contributed by atoms with Crippen LogP contribution >= 0.6 is 11.6 Å². The zero-order valence-corrected chi connectivity index (χ0v) is 18.2. The molecule has 0 aliphatic carbocycles. The number of aliphatic hydroxyl groups is 1. The van der Waals surface area contributed by atoms with Crippen LogP contribution in [0.25, 0.3) is 5.76 Å². The molecule has 0 spiro atoms. The minimum Gasteiger partial charge on any atom is -0.507 e. The van der Waals surface area contributed by atoms with Gasteiger partial charge in [0.05, 0.1) is 25.8 Å². The van der Waals surface area contributed by atoms with Crippen LogP contribution in [-0.4, -0.2) is 31.0 Å². The number of ether oxygens (including phenoxy) is 2. The molecule has 7 heteroatoms. The van der Waals surface area contributed by atoms with Crippen molar-refractivity contribution in [3.05, 3.63) is 94.5 Å². The quantitative estimate of drug-likeness (QED) is 0.337. The molecule has 3 aromatic rings. The van der Waals surface area contributed by atoms with Gasteiger partial charge in [-0.1, -0.05) is 41.9 Å². The minimum atomic E-state index is -0.919. The van der Waals surface area contributed by atoms with E-state index in [1.807, 2.05) is 0 Å². The molecule has 0 bridgehead atoms. The number of hydrogen-bond acceptors (Lipinski definition) is 5. The van der Waals surface area contributed by atoms with E-state index in [4.69, 9.17) is 21.1 Å². The summed E-state index contributed by atoms with van der Waals surface area (Å²) in [5.41, 5.74) is 1.39. The molecule has 32 heavy (non-hydrogen) atoms. The topological polar surface area (TPSA) is 76.1 Å². The Morgan fingerprint density at radius 3 is 2.25 bits per heavy atom. The maximum Gasteiger partial charge on any atom is 0.300 e. The monoisotopic (exact) mass is 449 g/mol. The highest BCUT2D eigenvalue weighted by Crippen LogP contribution is 2.45. The van der Waals surface area contributed by atoms with Crippen LogP contribution in [0.2, 0.25) is 5.02 Å². The van der Waals surface area contributed by atoms with Gasteiger partial charge in [0.1, 0.15) is 17.3 Å². The lowest BCUT2D eigenvalue weighted by atomic mass is 9.94. The Bertz CT molecular complexity index is 1200. The summed E-state index contributed by atoms with van der Waals surface area (Å²) in [4.78, 5) is 27.7. The summed E-state index contributed by atoms with van der Waals surface area (Å²) in [6, 6.07) is 19.4. The third-order valence-corrected chi connectivity index (χ3v) is 5.58. The van der Waals surface area contributed by atoms with Gasteiger partial charge in [0.2, 0.25) is 0 Å². The summed E-state index contributed by atoms with van der Waals surface area (Å²) in [7, 11) is 3.02. The number of hydrogen-bond donors (Lipinski definition) is 1. The van der Waals surface area contributed by atoms with Crippen LogP contribution in [0.5, 0.6) is 11.5 Å². The number of Topliss-reactive ketones (excluding diaryl/α,β-unsaturated/α-hetero) is 1. The highest BCUT2D eigenvalue weighted by molar-refractivity contribution is 6.51. The summed E-state index contributed by atoms with van der Waals surface area (Å²) in [5, 5.41) is 11.6. The number of anilines is 1. The van der Waals surface area contributed by atoms with Crippen LogP contribution in [0.1, 0.15) is 17.2 Å². The first-order valence-corrected chi connectivity index (χ1v) is 10.2. The molecule has 6 nitrogen and oxygen atoms in total. The van der Waals surface area contributed by atoms with Crippen molar-refractivity contribution in [1.82, 2.24) is 0 Å². The van der Waals surface area contributed by atoms with Crippen molar-refractivity contribution < 1.29 is 24.2 Å². The molecule has 162 valence electrons. The zero-order valence-electron chi connectivity index (χ0n) is 17.4. The number of aliphatic hydroxyl groups excluding tert-OH is 1. The van der Waals surface area contributed by atoms with Crippen LogP contribution < -0.4 is 14.4 Å². The molecular weight excluding hydrogens is 430 g/mol. The first kappa shape index (κ1) is 21.5. The second kappa shape index (κ2) is 8.77. The van der Waals surface area contributed by atoms with E-state index in [0.717, 1.165) is 0 Å². The van der Waals surface area contributed by atoms with Gasteiger partial charge in [-0.3, -0.25) is 14.5 Å². The van der Waals surface area contributed by atoms with E-state index in [9.17, 15) is 14.7 Å². The van der Waals surface area contributed by atoms with Crippen LogP contribution in [0.4, 0.5) is 5.69 Å². The molecule has 1 amide bonds. The van der Waals surface area contributed by atoms with Crippen molar-refractivity contribution in [3.8, 4) is 11.5 Å². The molecule has 1 fully saturated rings. The number of nitrogens with zero attached hydrogens (tertiary/aromatic N) is 1. The van der Waals surface area contributed by atoms with Gasteiger partial charge in [0.25, 0.3) is 11.7 Å². The lowest BCUT2D eigenvalue weighted by molar-refractivity contribution is -0.132. The molecule has 3 aromatic carbocycles. The fourth-order valence-electron chi connectivity index (χ4n) is 3.79. The normalized spacial score (nSPS) is 17.5. The van der Waals surface area contributed by atoms with Gasteiger partial charge in [-0.25, -0.2) is 0 Å². The van der Waals surface area contributed by atoms with E-state index in [-0.39, 0.29) is 11.3 Å². The van der Waals surface area contributed by atoms with Gasteiger partial charge < -0.3 is 14.6 Å². The van der Waals surface area contributed by atoms with Crippen molar-refractivity contribution in [3.63, 3.8) is 0 Å². The maximum atomic E-state index is 13.2. The Hall–Kier alpha value is -3.77. The van der Waals surface area contributed by atoms with Gasteiger partial charge in [-0.05, 0) is 36.4 Å². The van der Waals surface area contributed by atoms with E-state index >= 15 is 0 Å². The molecule has 1 N–H and O–H groups in total. The summed E-state index contributed by atoms with van der Waals surface area (Å²) in [6.45, 7) is 0. The van der Waals surface area contributed by atoms with Gasteiger partial charge in [-0.15, -0.1) is 0 Å². The van der Waals surface area contributed by atoms with Gasteiger partial charge in [-0.2, -0.15) is 0 Å². The van der Waals surface area contributed by atoms with Crippen LogP contribution in [0.15, 0.2) is 78.4 Å². The van der Waals surface area contributed by atoms with Crippen LogP contribution in [0.3, 0.4) is 0 Å². The predicted octanol–water partition coefficient (Wildman–Crippen LogP) is 4.98. The molecule has 0 aromatic heterocycles. The third kappa shape index (κ3) is 3.69. The molecule has 1 atom stereocenters. The largest absolute Gasteiger partial charge is 0.507 e. The Kier molecular flexibility index (Phi) is 5.88. The van der Waals surface area contributed by atoms with Crippen molar-refractivity contribution in [2.75, 3.05) is 19.1 Å². The van der Waals surface area contributed by atoms with E-state index in [2.05, 4.69) is 0 Å². The molecule has 1 saturated heterocycles. The molecular formula is C25H20ClNO5. The third-order valence-electron chi connectivity index (χ3n) is 5.33. The SMILES string of the molecule is COc1ccc(C2/C(=C(/O)c3ccccc3)C(=O)C(=O)N2c2ccc(Cl)cc2)c(OC)c1. The summed E-state index contributed by atoms with van der Waals surface area (Å²) < 4.78 is 10.8. The van der Waals surface area contributed by atoms with E-state index in [1.165, 1.54) is 19.1 Å². The highest BCUT2D eigenvalue weighted by atomic mass is 35.5. The molecule has 0 saturated carbocycles. The van der Waals surface area contributed by atoms with E-state index in [1.54, 1.807) is 72.8 Å². The molecule has 1 aliphatic heterocycles. The van der Waals surface area contributed by atoms with Crippen molar-refractivity contribution in [1.29, 1.82) is 0 Å². The summed E-state index contributed by atoms with van der Waals surface area (Å²) >= 11 is 6.02. The van der Waals surface area contributed by atoms with Crippen LogP contribution in [-0.2, 0) is 9.59 Å². The fraction of sp³-hybridized carbons (Fsp3) is 0.120. The van der Waals surface area contributed by atoms with Gasteiger partial charge >= 0.3 is 0 Å².